The van der Waals surface area contributed by atoms with Gasteiger partial charge >= 0.3 is 5.97 Å². The molecule has 0 aliphatic heterocycles. The minimum Gasteiger partial charge on any atom is -0.481 e. The van der Waals surface area contributed by atoms with Gasteiger partial charge in [-0.2, -0.15) is 5.10 Å². The maximum atomic E-state index is 15.5. The second kappa shape index (κ2) is 7.28. The minimum absolute atomic E-state index is 0.0395. The van der Waals surface area contributed by atoms with Crippen LogP contribution in [0.15, 0.2) is 12.3 Å². The Morgan fingerprint density at radius 3 is 2.56 bits per heavy atom. The van der Waals surface area contributed by atoms with E-state index < -0.39 is 23.5 Å². The number of nitrogens with one attached hydrogen (secondary N) is 1. The summed E-state index contributed by atoms with van der Waals surface area (Å²) in [6.45, 7) is 0. The Morgan fingerprint density at radius 1 is 1.09 bits per heavy atom. The number of nitrogens with zero attached hydrogens (tertiary/aromatic N) is 4. The van der Waals surface area contributed by atoms with Gasteiger partial charge < -0.3 is 5.11 Å². The molecule has 9 heteroatoms. The van der Waals surface area contributed by atoms with E-state index in [1.54, 1.807) is 0 Å². The number of pyridine rings is 1. The highest BCUT2D eigenvalue weighted by atomic mass is 19.1. The van der Waals surface area contributed by atoms with Gasteiger partial charge in [-0.1, -0.05) is 0 Å². The van der Waals surface area contributed by atoms with E-state index >= 15 is 4.39 Å². The SMILES string of the molecule is O=C(O)[C@H]1C2CCC(CC2)[C@@H]1Cc1nc(-c2[nH]nc3ncc(F)cc23)nc(C2CC2)c1F. The average molecular weight is 439 g/mol. The number of aromatic amines is 1. The minimum atomic E-state index is -0.789. The van der Waals surface area contributed by atoms with Crippen LogP contribution in [0, 0.1) is 35.3 Å². The van der Waals surface area contributed by atoms with Gasteiger partial charge in [-0.15, -0.1) is 0 Å². The van der Waals surface area contributed by atoms with Gasteiger partial charge in [0.15, 0.2) is 17.3 Å². The van der Waals surface area contributed by atoms with Crippen molar-refractivity contribution in [2.24, 2.45) is 23.7 Å². The summed E-state index contributed by atoms with van der Waals surface area (Å²) in [5, 5.41) is 17.3. The Bertz CT molecular complexity index is 1220. The number of carboxylic acids is 1. The molecule has 4 fully saturated rings. The lowest BCUT2D eigenvalue weighted by Crippen LogP contribution is -2.45. The number of hydrogen-bond donors (Lipinski definition) is 2. The van der Waals surface area contributed by atoms with Crippen LogP contribution >= 0.6 is 0 Å². The third-order valence-electron chi connectivity index (χ3n) is 7.61. The van der Waals surface area contributed by atoms with Crippen molar-refractivity contribution in [1.29, 1.82) is 0 Å². The lowest BCUT2D eigenvalue weighted by atomic mass is 9.57. The highest BCUT2D eigenvalue weighted by Crippen LogP contribution is 2.50. The predicted molar refractivity (Wildman–Crippen MR) is 111 cm³/mol. The maximum Gasteiger partial charge on any atom is 0.307 e. The molecule has 7 rings (SSSR count). The summed E-state index contributed by atoms with van der Waals surface area (Å²) in [7, 11) is 0. The number of fused-ring (bicyclic) bond motifs is 4. The molecule has 4 saturated carbocycles. The Balaban J connectivity index is 1.44. The zero-order chi connectivity index (χ0) is 22.0. The molecule has 0 radical (unpaired) electrons. The third kappa shape index (κ3) is 3.17. The Morgan fingerprint density at radius 2 is 1.84 bits per heavy atom. The van der Waals surface area contributed by atoms with E-state index in [4.69, 9.17) is 0 Å². The molecule has 0 aromatic carbocycles. The summed E-state index contributed by atoms with van der Waals surface area (Å²) in [4.78, 5) is 25.1. The van der Waals surface area contributed by atoms with Gasteiger partial charge in [-0.05, 0) is 68.8 Å². The van der Waals surface area contributed by atoms with Gasteiger partial charge in [0.2, 0.25) is 0 Å². The van der Waals surface area contributed by atoms with Gasteiger partial charge in [0.05, 0.1) is 28.9 Å². The lowest BCUT2D eigenvalue weighted by molar-refractivity contribution is -0.152. The van der Waals surface area contributed by atoms with Crippen LogP contribution in [0.1, 0.15) is 55.8 Å². The molecule has 0 saturated heterocycles. The molecule has 0 spiro atoms. The van der Waals surface area contributed by atoms with Crippen molar-refractivity contribution in [1.82, 2.24) is 25.1 Å². The Kier molecular flexibility index (Phi) is 4.48. The predicted octanol–water partition coefficient (Wildman–Crippen LogP) is 4.25. The molecule has 4 aliphatic rings. The van der Waals surface area contributed by atoms with E-state index in [-0.39, 0.29) is 41.6 Å². The van der Waals surface area contributed by atoms with E-state index in [2.05, 4.69) is 25.1 Å². The molecular weight excluding hydrogens is 416 g/mol. The summed E-state index contributed by atoms with van der Waals surface area (Å²) in [5.74, 6) is -1.60. The number of H-pyrrole nitrogens is 1. The largest absolute Gasteiger partial charge is 0.481 e. The molecule has 2 N–H and O–H groups in total. The highest BCUT2D eigenvalue weighted by molar-refractivity contribution is 5.88. The van der Waals surface area contributed by atoms with Crippen LogP contribution in [0.5, 0.6) is 0 Å². The van der Waals surface area contributed by atoms with Crippen molar-refractivity contribution >= 4 is 17.0 Å². The first-order valence-electron chi connectivity index (χ1n) is 11.3. The monoisotopic (exact) mass is 439 g/mol. The number of halogens is 2. The number of hydrogen-bond acceptors (Lipinski definition) is 5. The smallest absolute Gasteiger partial charge is 0.307 e. The van der Waals surface area contributed by atoms with Crippen LogP contribution in [0.3, 0.4) is 0 Å². The number of aliphatic carboxylic acids is 1. The standard InChI is InChI=1S/C23H23F2N5O2/c24-13-7-15-20(29-30-21(15)26-9-13)22-27-16(18(25)19(28-22)12-5-6-12)8-14-10-1-3-11(4-2-10)17(14)23(31)32/h7,9-12,14,17H,1-6,8H2,(H,31,32)(H,26,29,30)/t10?,11?,14-,17-/m0/s1. The topological polar surface area (TPSA) is 105 Å². The van der Waals surface area contributed by atoms with Gasteiger partial charge in [0.1, 0.15) is 11.5 Å². The van der Waals surface area contributed by atoms with Crippen LogP contribution in [0.2, 0.25) is 0 Å². The van der Waals surface area contributed by atoms with Gasteiger partial charge in [-0.3, -0.25) is 9.89 Å². The highest BCUT2D eigenvalue weighted by Gasteiger charge is 2.47. The van der Waals surface area contributed by atoms with Gasteiger partial charge in [-0.25, -0.2) is 23.7 Å². The molecule has 7 nitrogen and oxygen atoms in total. The number of rotatable bonds is 5. The molecule has 3 heterocycles. The van der Waals surface area contributed by atoms with Crippen LogP contribution in [0.25, 0.3) is 22.6 Å². The van der Waals surface area contributed by atoms with Crippen molar-refractivity contribution in [3.05, 3.63) is 35.3 Å². The van der Waals surface area contributed by atoms with E-state index in [9.17, 15) is 14.3 Å². The Hall–Kier alpha value is -2.97. The second-order valence-corrected chi connectivity index (χ2v) is 9.50. The summed E-state index contributed by atoms with van der Waals surface area (Å²) >= 11 is 0. The van der Waals surface area contributed by atoms with E-state index in [1.807, 2.05) is 0 Å². The summed E-state index contributed by atoms with van der Waals surface area (Å²) in [5.41, 5.74) is 1.35. The van der Waals surface area contributed by atoms with Gasteiger partial charge in [0.25, 0.3) is 0 Å². The first kappa shape index (κ1) is 19.7. The van der Waals surface area contributed by atoms with Gasteiger partial charge in [0, 0.05) is 5.92 Å². The fourth-order valence-electron chi connectivity index (χ4n) is 5.91. The number of carboxylic acid groups (broad SMARTS) is 1. The first-order chi connectivity index (χ1) is 15.5. The van der Waals surface area contributed by atoms with Crippen LogP contribution in [-0.4, -0.2) is 36.2 Å². The maximum absolute atomic E-state index is 15.5. The van der Waals surface area contributed by atoms with Crippen molar-refractivity contribution in [3.63, 3.8) is 0 Å². The molecule has 2 atom stereocenters. The molecule has 2 bridgehead atoms. The second-order valence-electron chi connectivity index (χ2n) is 9.50. The van der Waals surface area contributed by atoms with Crippen LogP contribution in [-0.2, 0) is 11.2 Å². The molecule has 0 amide bonds. The molecule has 3 aromatic rings. The first-order valence-corrected chi connectivity index (χ1v) is 11.3. The summed E-state index contributed by atoms with van der Waals surface area (Å²) < 4.78 is 29.3. The zero-order valence-corrected chi connectivity index (χ0v) is 17.4. The zero-order valence-electron chi connectivity index (χ0n) is 17.4. The molecule has 4 aliphatic carbocycles. The third-order valence-corrected chi connectivity index (χ3v) is 7.61. The number of carbonyl (C=O) groups is 1. The van der Waals surface area contributed by atoms with Crippen molar-refractivity contribution in [2.45, 2.75) is 50.9 Å². The van der Waals surface area contributed by atoms with E-state index in [1.165, 1.54) is 6.07 Å². The van der Waals surface area contributed by atoms with E-state index in [0.717, 1.165) is 44.7 Å². The number of aromatic nitrogens is 5. The summed E-state index contributed by atoms with van der Waals surface area (Å²) in [6, 6.07) is 1.31. The quantitative estimate of drug-likeness (QED) is 0.616. The van der Waals surface area contributed by atoms with Crippen molar-refractivity contribution in [3.8, 4) is 11.5 Å². The fraction of sp³-hybridized carbons (Fsp3) is 0.522. The molecule has 0 unspecified atom stereocenters. The van der Waals surface area contributed by atoms with E-state index in [0.29, 0.717) is 22.4 Å². The molecular formula is C23H23F2N5O2. The fourth-order valence-corrected chi connectivity index (χ4v) is 5.91. The van der Waals surface area contributed by atoms with Crippen molar-refractivity contribution < 1.29 is 18.7 Å². The Labute approximate surface area is 182 Å². The normalized spacial score (nSPS) is 27.2. The summed E-state index contributed by atoms with van der Waals surface area (Å²) in [6.07, 6.45) is 6.93. The van der Waals surface area contributed by atoms with Crippen LogP contribution in [0.4, 0.5) is 8.78 Å². The molecule has 3 aromatic heterocycles. The van der Waals surface area contributed by atoms with Crippen molar-refractivity contribution in [2.75, 3.05) is 0 Å². The molecule has 32 heavy (non-hydrogen) atoms. The van der Waals surface area contributed by atoms with Crippen LogP contribution < -0.4 is 0 Å². The lowest BCUT2D eigenvalue weighted by Gasteiger charge is -2.46. The average Bonchev–Trinajstić information content (AvgIpc) is 3.55. The molecule has 166 valence electrons.